The molecule has 5 aromatic carbocycles. The minimum atomic E-state index is -0.566. The zero-order valence-electron chi connectivity index (χ0n) is 25.9. The van der Waals surface area contributed by atoms with E-state index in [2.05, 4.69) is 45.7 Å². The molecule has 0 aliphatic rings. The number of rotatable bonds is 11. The molecule has 0 heterocycles. The molecule has 0 saturated heterocycles. The SMILES string of the molecule is CC(C)c1ccc(/C=C(/NC(=O)c2ccccc2)C(=O)Nc2cccc(SC(C(=O)Nc3ccccc3Br)c3ccccc3)c2)cc1. The van der Waals surface area contributed by atoms with Crippen molar-refractivity contribution in [3.63, 3.8) is 0 Å². The second-order valence-electron chi connectivity index (χ2n) is 11.1. The van der Waals surface area contributed by atoms with E-state index in [1.165, 1.54) is 17.3 Å². The quantitative estimate of drug-likeness (QED) is 0.0945. The zero-order chi connectivity index (χ0) is 33.2. The van der Waals surface area contributed by atoms with Crippen molar-refractivity contribution < 1.29 is 14.4 Å². The molecule has 0 spiro atoms. The van der Waals surface area contributed by atoms with E-state index in [9.17, 15) is 14.4 Å². The van der Waals surface area contributed by atoms with E-state index >= 15 is 0 Å². The first-order valence-electron chi connectivity index (χ1n) is 15.1. The lowest BCUT2D eigenvalue weighted by Crippen LogP contribution is -2.30. The van der Waals surface area contributed by atoms with Crippen molar-refractivity contribution in [1.82, 2.24) is 5.32 Å². The summed E-state index contributed by atoms with van der Waals surface area (Å²) in [5.74, 6) is -0.682. The fourth-order valence-electron chi connectivity index (χ4n) is 4.73. The summed E-state index contributed by atoms with van der Waals surface area (Å²) in [6.07, 6.45) is 1.66. The Balaban J connectivity index is 1.38. The number of halogens is 1. The van der Waals surface area contributed by atoms with Crippen molar-refractivity contribution in [3.8, 4) is 0 Å². The van der Waals surface area contributed by atoms with Crippen LogP contribution in [0.25, 0.3) is 6.08 Å². The van der Waals surface area contributed by atoms with Crippen LogP contribution in [-0.4, -0.2) is 17.7 Å². The second kappa shape index (κ2) is 16.1. The molecular formula is C39H34BrN3O3S. The van der Waals surface area contributed by atoms with Gasteiger partial charge >= 0.3 is 0 Å². The molecule has 5 aromatic rings. The number of thioether (sulfide) groups is 1. The molecule has 3 N–H and O–H groups in total. The van der Waals surface area contributed by atoms with Gasteiger partial charge in [0.1, 0.15) is 10.9 Å². The summed E-state index contributed by atoms with van der Waals surface area (Å²) in [7, 11) is 0. The third-order valence-corrected chi connectivity index (χ3v) is 9.20. The van der Waals surface area contributed by atoms with E-state index in [1.807, 2.05) is 103 Å². The van der Waals surface area contributed by atoms with E-state index in [0.717, 1.165) is 20.5 Å². The largest absolute Gasteiger partial charge is 0.324 e. The highest BCUT2D eigenvalue weighted by molar-refractivity contribution is 9.10. The van der Waals surface area contributed by atoms with Crippen molar-refractivity contribution in [1.29, 1.82) is 0 Å². The van der Waals surface area contributed by atoms with Gasteiger partial charge < -0.3 is 16.0 Å². The van der Waals surface area contributed by atoms with E-state index in [4.69, 9.17) is 0 Å². The minimum absolute atomic E-state index is 0.101. The van der Waals surface area contributed by atoms with Crippen molar-refractivity contribution >= 4 is 62.9 Å². The average Bonchev–Trinajstić information content (AvgIpc) is 3.09. The Labute approximate surface area is 287 Å². The van der Waals surface area contributed by atoms with Gasteiger partial charge in [-0.05, 0) is 87.1 Å². The number of nitrogens with one attached hydrogen (secondary N) is 3. The van der Waals surface area contributed by atoms with Crippen LogP contribution in [0, 0.1) is 0 Å². The third kappa shape index (κ3) is 9.31. The predicted octanol–water partition coefficient (Wildman–Crippen LogP) is 9.45. The lowest BCUT2D eigenvalue weighted by molar-refractivity contribution is -0.116. The van der Waals surface area contributed by atoms with Gasteiger partial charge in [-0.2, -0.15) is 0 Å². The van der Waals surface area contributed by atoms with Crippen LogP contribution >= 0.6 is 27.7 Å². The van der Waals surface area contributed by atoms with Crippen LogP contribution < -0.4 is 16.0 Å². The van der Waals surface area contributed by atoms with E-state index in [0.29, 0.717) is 22.9 Å². The summed E-state index contributed by atoms with van der Waals surface area (Å²) in [6.45, 7) is 4.24. The molecule has 0 aromatic heterocycles. The maximum atomic E-state index is 13.7. The highest BCUT2D eigenvalue weighted by Gasteiger charge is 2.23. The molecule has 0 bridgehead atoms. The molecule has 8 heteroatoms. The number of hydrogen-bond donors (Lipinski definition) is 3. The van der Waals surface area contributed by atoms with Crippen molar-refractivity contribution in [2.45, 2.75) is 29.9 Å². The molecule has 0 radical (unpaired) electrons. The number of amides is 3. The summed E-state index contributed by atoms with van der Waals surface area (Å²) in [6, 6.07) is 41.0. The lowest BCUT2D eigenvalue weighted by atomic mass is 10.0. The number of para-hydroxylation sites is 1. The molecule has 0 aliphatic carbocycles. The standard InChI is InChI=1S/C39H34BrN3O3S/c1-26(2)28-22-20-27(21-23-28)24-35(43-37(44)30-14-7-4-8-15-30)38(45)41-31-16-11-17-32(25-31)47-36(29-12-5-3-6-13-29)39(46)42-34-19-10-9-18-33(34)40/h3-26,36H,1-2H3,(H,41,45)(H,42,46)(H,43,44)/b35-24+. The van der Waals surface area contributed by atoms with Crippen LogP contribution in [0.3, 0.4) is 0 Å². The third-order valence-electron chi connectivity index (χ3n) is 7.26. The van der Waals surface area contributed by atoms with Crippen LogP contribution in [0.1, 0.15) is 52.1 Å². The summed E-state index contributed by atoms with van der Waals surface area (Å²) in [4.78, 5) is 41.2. The Morgan fingerprint density at radius 1 is 0.702 bits per heavy atom. The van der Waals surface area contributed by atoms with Crippen LogP contribution in [0.4, 0.5) is 11.4 Å². The minimum Gasteiger partial charge on any atom is -0.324 e. The van der Waals surface area contributed by atoms with Crippen molar-refractivity contribution in [2.24, 2.45) is 0 Å². The Morgan fingerprint density at radius 3 is 2.04 bits per heavy atom. The molecule has 1 unspecified atom stereocenters. The van der Waals surface area contributed by atoms with Gasteiger partial charge in [-0.15, -0.1) is 11.8 Å². The topological polar surface area (TPSA) is 87.3 Å². The first-order chi connectivity index (χ1) is 22.8. The fraction of sp³-hybridized carbons (Fsp3) is 0.103. The molecule has 5 rings (SSSR count). The Morgan fingerprint density at radius 2 is 1.36 bits per heavy atom. The Bertz CT molecular complexity index is 1880. The van der Waals surface area contributed by atoms with Gasteiger partial charge in [-0.25, -0.2) is 0 Å². The van der Waals surface area contributed by atoms with Gasteiger partial charge in [0.15, 0.2) is 0 Å². The normalized spacial score (nSPS) is 11.9. The van der Waals surface area contributed by atoms with E-state index in [-0.39, 0.29) is 11.6 Å². The van der Waals surface area contributed by atoms with E-state index in [1.54, 1.807) is 36.4 Å². The van der Waals surface area contributed by atoms with Crippen LogP contribution in [-0.2, 0) is 9.59 Å². The number of carbonyl (C=O) groups is 3. The molecule has 1 atom stereocenters. The smallest absolute Gasteiger partial charge is 0.272 e. The highest BCUT2D eigenvalue weighted by atomic mass is 79.9. The first kappa shape index (κ1) is 33.4. The van der Waals surface area contributed by atoms with Gasteiger partial charge in [-0.3, -0.25) is 14.4 Å². The summed E-state index contributed by atoms with van der Waals surface area (Å²) in [5.41, 5.74) is 4.53. The summed E-state index contributed by atoms with van der Waals surface area (Å²) in [5, 5.41) is 8.20. The number of hydrogen-bond acceptors (Lipinski definition) is 4. The van der Waals surface area contributed by atoms with Gasteiger partial charge in [0.25, 0.3) is 11.8 Å². The van der Waals surface area contributed by atoms with E-state index < -0.39 is 17.1 Å². The maximum Gasteiger partial charge on any atom is 0.272 e. The Hall–Kier alpha value is -4.92. The maximum absolute atomic E-state index is 13.7. The van der Waals surface area contributed by atoms with Gasteiger partial charge in [0.2, 0.25) is 5.91 Å². The van der Waals surface area contributed by atoms with Crippen molar-refractivity contribution in [3.05, 3.63) is 166 Å². The lowest BCUT2D eigenvalue weighted by Gasteiger charge is -2.18. The molecule has 236 valence electrons. The average molecular weight is 705 g/mol. The van der Waals surface area contributed by atoms with Gasteiger partial charge in [-0.1, -0.05) is 105 Å². The molecular weight excluding hydrogens is 670 g/mol. The molecule has 6 nitrogen and oxygen atoms in total. The monoisotopic (exact) mass is 703 g/mol. The second-order valence-corrected chi connectivity index (χ2v) is 13.1. The van der Waals surface area contributed by atoms with Gasteiger partial charge in [0.05, 0.1) is 5.69 Å². The summed E-state index contributed by atoms with van der Waals surface area (Å²) >= 11 is 4.88. The highest BCUT2D eigenvalue weighted by Crippen LogP contribution is 2.38. The zero-order valence-corrected chi connectivity index (χ0v) is 28.3. The molecule has 3 amide bonds. The van der Waals surface area contributed by atoms with Crippen LogP contribution in [0.2, 0.25) is 0 Å². The van der Waals surface area contributed by atoms with Gasteiger partial charge in [0, 0.05) is 20.6 Å². The van der Waals surface area contributed by atoms with Crippen LogP contribution in [0.15, 0.2) is 149 Å². The fourth-order valence-corrected chi connectivity index (χ4v) is 6.20. The van der Waals surface area contributed by atoms with Crippen LogP contribution in [0.5, 0.6) is 0 Å². The first-order valence-corrected chi connectivity index (χ1v) is 16.8. The summed E-state index contributed by atoms with van der Waals surface area (Å²) < 4.78 is 0.786. The number of benzene rings is 5. The Kier molecular flexibility index (Phi) is 11.4. The predicted molar refractivity (Wildman–Crippen MR) is 195 cm³/mol. The molecule has 0 saturated carbocycles. The van der Waals surface area contributed by atoms with Crippen molar-refractivity contribution in [2.75, 3.05) is 10.6 Å². The molecule has 0 fully saturated rings. The molecule has 0 aliphatic heterocycles. The number of anilines is 2. The number of carbonyl (C=O) groups excluding carboxylic acids is 3. The molecule has 47 heavy (non-hydrogen) atoms.